The highest BCUT2D eigenvalue weighted by Gasteiger charge is 2.16. The number of ether oxygens (including phenoxy) is 1. The van der Waals surface area contributed by atoms with Crippen molar-refractivity contribution in [3.8, 4) is 5.75 Å². The largest absolute Gasteiger partial charge is 0.487 e. The van der Waals surface area contributed by atoms with Gasteiger partial charge in [-0.1, -0.05) is 18.2 Å². The van der Waals surface area contributed by atoms with Crippen molar-refractivity contribution >= 4 is 28.6 Å². The molecule has 1 N–H and O–H groups in total. The lowest BCUT2D eigenvalue weighted by Gasteiger charge is -2.30. The summed E-state index contributed by atoms with van der Waals surface area (Å²) in [6.07, 6.45) is 3.67. The van der Waals surface area contributed by atoms with Crippen molar-refractivity contribution < 1.29 is 9.53 Å². The zero-order valence-corrected chi connectivity index (χ0v) is 17.4. The highest BCUT2D eigenvalue weighted by atomic mass is 32.1. The zero-order chi connectivity index (χ0) is 20.1. The van der Waals surface area contributed by atoms with Gasteiger partial charge in [-0.3, -0.25) is 4.79 Å². The van der Waals surface area contributed by atoms with E-state index in [-0.39, 0.29) is 5.91 Å². The maximum atomic E-state index is 12.9. The first kappa shape index (κ1) is 19.5. The van der Waals surface area contributed by atoms with Crippen LogP contribution < -0.4 is 15.0 Å². The molecule has 150 valence electrons. The van der Waals surface area contributed by atoms with E-state index >= 15 is 0 Å². The van der Waals surface area contributed by atoms with E-state index in [9.17, 15) is 4.79 Å². The van der Waals surface area contributed by atoms with Gasteiger partial charge in [0.05, 0.1) is 22.1 Å². The second kappa shape index (κ2) is 9.09. The number of para-hydroxylation sites is 2. The molecule has 29 heavy (non-hydrogen) atoms. The second-order valence-electron chi connectivity index (χ2n) is 7.19. The Bertz CT molecular complexity index is 980. The van der Waals surface area contributed by atoms with E-state index in [1.165, 1.54) is 19.3 Å². The summed E-state index contributed by atoms with van der Waals surface area (Å²) < 4.78 is 5.82. The van der Waals surface area contributed by atoms with E-state index in [4.69, 9.17) is 4.74 Å². The Labute approximate surface area is 175 Å². The molecule has 0 atom stereocenters. The molecule has 1 saturated heterocycles. The molecule has 0 unspecified atom stereocenters. The Hall–Kier alpha value is -2.86. The number of carbonyl (C=O) groups is 1. The Balaban J connectivity index is 1.45. The molecule has 0 saturated carbocycles. The van der Waals surface area contributed by atoms with Gasteiger partial charge in [-0.25, -0.2) is 4.98 Å². The topological polar surface area (TPSA) is 54.5 Å². The summed E-state index contributed by atoms with van der Waals surface area (Å²) >= 11 is 1.60. The van der Waals surface area contributed by atoms with Crippen LogP contribution in [0.5, 0.6) is 5.75 Å². The molecule has 1 aliphatic rings. The van der Waals surface area contributed by atoms with Gasteiger partial charge in [0.1, 0.15) is 12.4 Å². The van der Waals surface area contributed by atoms with Crippen LogP contribution in [-0.4, -0.2) is 24.0 Å². The van der Waals surface area contributed by atoms with Crippen LogP contribution in [0.4, 0.5) is 11.4 Å². The van der Waals surface area contributed by atoms with Crippen LogP contribution in [0.2, 0.25) is 0 Å². The molecule has 2 heterocycles. The van der Waals surface area contributed by atoms with Gasteiger partial charge in [0, 0.05) is 24.0 Å². The number of rotatable bonds is 6. The van der Waals surface area contributed by atoms with Crippen LogP contribution in [0.3, 0.4) is 0 Å². The minimum absolute atomic E-state index is 0.135. The molecule has 1 aliphatic heterocycles. The minimum atomic E-state index is -0.135. The first-order valence-corrected chi connectivity index (χ1v) is 10.9. The Morgan fingerprint density at radius 1 is 1.14 bits per heavy atom. The van der Waals surface area contributed by atoms with Gasteiger partial charge < -0.3 is 15.0 Å². The number of aromatic nitrogens is 1. The molecule has 1 fully saturated rings. The van der Waals surface area contributed by atoms with Gasteiger partial charge in [-0.05, 0) is 56.5 Å². The SMILES string of the molecule is Cc1nc(COc2cccc(C(=O)Nc3ccccc3N3CCCCC3)c2)cs1. The van der Waals surface area contributed by atoms with Gasteiger partial charge >= 0.3 is 0 Å². The maximum Gasteiger partial charge on any atom is 0.255 e. The van der Waals surface area contributed by atoms with Gasteiger partial charge in [-0.15, -0.1) is 11.3 Å². The number of amides is 1. The third-order valence-electron chi connectivity index (χ3n) is 5.00. The van der Waals surface area contributed by atoms with Gasteiger partial charge in [0.25, 0.3) is 5.91 Å². The fraction of sp³-hybridized carbons (Fsp3) is 0.304. The number of benzene rings is 2. The molecular formula is C23H25N3O2S. The molecule has 0 radical (unpaired) electrons. The lowest BCUT2D eigenvalue weighted by Crippen LogP contribution is -2.30. The standard InChI is InChI=1S/C23H25N3O2S/c1-17-24-19(16-29-17)15-28-20-9-7-8-18(14-20)23(27)25-21-10-3-4-11-22(21)26-12-5-2-6-13-26/h3-4,7-11,14,16H,2,5-6,12-13,15H2,1H3,(H,25,27). The first-order valence-electron chi connectivity index (χ1n) is 9.98. The third kappa shape index (κ3) is 4.95. The zero-order valence-electron chi connectivity index (χ0n) is 16.6. The fourth-order valence-corrected chi connectivity index (χ4v) is 4.14. The third-order valence-corrected chi connectivity index (χ3v) is 5.82. The number of carbonyl (C=O) groups excluding carboxylic acids is 1. The number of aryl methyl sites for hydroxylation is 1. The fourth-order valence-electron chi connectivity index (χ4n) is 3.54. The van der Waals surface area contributed by atoms with E-state index in [0.29, 0.717) is 17.9 Å². The Morgan fingerprint density at radius 2 is 1.97 bits per heavy atom. The monoisotopic (exact) mass is 407 g/mol. The van der Waals surface area contributed by atoms with E-state index < -0.39 is 0 Å². The second-order valence-corrected chi connectivity index (χ2v) is 8.26. The summed E-state index contributed by atoms with van der Waals surface area (Å²) in [6.45, 7) is 4.44. The number of nitrogens with zero attached hydrogens (tertiary/aromatic N) is 2. The number of thiazole rings is 1. The average Bonchev–Trinajstić information content (AvgIpc) is 3.18. The number of hydrogen-bond donors (Lipinski definition) is 1. The van der Waals surface area contributed by atoms with Crippen molar-refractivity contribution in [2.45, 2.75) is 32.8 Å². The van der Waals surface area contributed by atoms with Crippen molar-refractivity contribution in [3.63, 3.8) is 0 Å². The van der Waals surface area contributed by atoms with Crippen LogP contribution in [0.15, 0.2) is 53.9 Å². The molecule has 0 bridgehead atoms. The molecule has 1 amide bonds. The Morgan fingerprint density at radius 3 is 2.76 bits per heavy atom. The number of anilines is 2. The highest BCUT2D eigenvalue weighted by Crippen LogP contribution is 2.29. The summed E-state index contributed by atoms with van der Waals surface area (Å²) in [6, 6.07) is 15.3. The summed E-state index contributed by atoms with van der Waals surface area (Å²) in [4.78, 5) is 19.6. The van der Waals surface area contributed by atoms with Crippen LogP contribution >= 0.6 is 11.3 Å². The summed E-state index contributed by atoms with van der Waals surface area (Å²) in [5.41, 5.74) is 3.42. The molecule has 1 aromatic heterocycles. The number of piperidine rings is 1. The molecule has 3 aromatic rings. The van der Waals surface area contributed by atoms with E-state index in [1.54, 1.807) is 23.5 Å². The van der Waals surface area contributed by atoms with Crippen molar-refractivity contribution in [3.05, 3.63) is 70.2 Å². The van der Waals surface area contributed by atoms with Crippen molar-refractivity contribution in [2.75, 3.05) is 23.3 Å². The summed E-state index contributed by atoms with van der Waals surface area (Å²) in [5, 5.41) is 6.09. The Kier molecular flexibility index (Phi) is 6.10. The van der Waals surface area contributed by atoms with Gasteiger partial charge in [-0.2, -0.15) is 0 Å². The summed E-state index contributed by atoms with van der Waals surface area (Å²) in [5.74, 6) is 0.525. The van der Waals surface area contributed by atoms with Gasteiger partial charge in [0.15, 0.2) is 0 Å². The summed E-state index contributed by atoms with van der Waals surface area (Å²) in [7, 11) is 0. The quantitative estimate of drug-likeness (QED) is 0.604. The predicted octanol–water partition coefficient (Wildman–Crippen LogP) is 5.27. The lowest BCUT2D eigenvalue weighted by molar-refractivity contribution is 0.102. The molecule has 4 rings (SSSR count). The maximum absolute atomic E-state index is 12.9. The smallest absolute Gasteiger partial charge is 0.255 e. The molecule has 5 nitrogen and oxygen atoms in total. The van der Waals surface area contributed by atoms with E-state index in [0.717, 1.165) is 35.2 Å². The first-order chi connectivity index (χ1) is 14.2. The van der Waals surface area contributed by atoms with Crippen molar-refractivity contribution in [1.82, 2.24) is 4.98 Å². The highest BCUT2D eigenvalue weighted by molar-refractivity contribution is 7.09. The minimum Gasteiger partial charge on any atom is -0.487 e. The van der Waals surface area contributed by atoms with Crippen LogP contribution in [0.1, 0.15) is 40.3 Å². The van der Waals surface area contributed by atoms with Crippen LogP contribution in [-0.2, 0) is 6.61 Å². The molecule has 0 aliphatic carbocycles. The predicted molar refractivity (Wildman–Crippen MR) is 118 cm³/mol. The molecular weight excluding hydrogens is 382 g/mol. The van der Waals surface area contributed by atoms with Crippen molar-refractivity contribution in [2.24, 2.45) is 0 Å². The molecule has 6 heteroatoms. The van der Waals surface area contributed by atoms with Crippen LogP contribution in [0, 0.1) is 6.92 Å². The molecule has 2 aromatic carbocycles. The van der Waals surface area contributed by atoms with Crippen LogP contribution in [0.25, 0.3) is 0 Å². The van der Waals surface area contributed by atoms with Crippen molar-refractivity contribution in [1.29, 1.82) is 0 Å². The van der Waals surface area contributed by atoms with E-state index in [1.807, 2.05) is 42.6 Å². The lowest BCUT2D eigenvalue weighted by atomic mass is 10.1. The molecule has 0 spiro atoms. The van der Waals surface area contributed by atoms with Gasteiger partial charge in [0.2, 0.25) is 0 Å². The average molecular weight is 408 g/mol. The van der Waals surface area contributed by atoms with E-state index in [2.05, 4.69) is 21.3 Å². The number of hydrogen-bond acceptors (Lipinski definition) is 5. The number of nitrogens with one attached hydrogen (secondary N) is 1. The normalized spacial score (nSPS) is 13.9.